The molecule has 1 rings (SSSR count). The van der Waals surface area contributed by atoms with Crippen molar-refractivity contribution in [1.82, 2.24) is 0 Å². The van der Waals surface area contributed by atoms with Crippen molar-refractivity contribution in [3.63, 3.8) is 0 Å². The molecule has 1 fully saturated rings. The minimum atomic E-state index is -0.0320. The van der Waals surface area contributed by atoms with Crippen molar-refractivity contribution in [3.8, 4) is 0 Å². The first kappa shape index (κ1) is 10.5. The van der Waals surface area contributed by atoms with Crippen LogP contribution >= 0.6 is 0 Å². The maximum Gasteiger partial charge on any atom is 0.308 e. The lowest BCUT2D eigenvalue weighted by atomic mass is 10.1. The van der Waals surface area contributed by atoms with Crippen LogP contribution in [0.1, 0.15) is 38.5 Å². The van der Waals surface area contributed by atoms with E-state index in [4.69, 9.17) is 9.84 Å². The first-order valence-electron chi connectivity index (χ1n) is 5.12. The van der Waals surface area contributed by atoms with Gasteiger partial charge in [-0.15, -0.1) is 0 Å². The molecule has 0 amide bonds. The van der Waals surface area contributed by atoms with Crippen molar-refractivity contribution in [2.24, 2.45) is 5.92 Å². The lowest BCUT2D eigenvalue weighted by Crippen LogP contribution is -2.15. The first-order valence-corrected chi connectivity index (χ1v) is 5.12. The maximum atomic E-state index is 11.3. The second kappa shape index (κ2) is 5.97. The molecule has 1 aliphatic carbocycles. The van der Waals surface area contributed by atoms with Crippen LogP contribution in [-0.2, 0) is 9.53 Å². The third-order valence-corrected chi connectivity index (χ3v) is 2.49. The lowest BCUT2D eigenvalue weighted by Gasteiger charge is -2.08. The standard InChI is InChI=1S/C10H18O3/c11-7-3-4-8-13-10(12)9-5-1-2-6-9/h9,11H,1-8H2. The second-order valence-electron chi connectivity index (χ2n) is 3.58. The summed E-state index contributed by atoms with van der Waals surface area (Å²) in [6, 6.07) is 0. The Labute approximate surface area is 79.1 Å². The molecule has 13 heavy (non-hydrogen) atoms. The van der Waals surface area contributed by atoms with E-state index in [0.717, 1.165) is 38.5 Å². The van der Waals surface area contributed by atoms with Crippen LogP contribution in [0.15, 0.2) is 0 Å². The lowest BCUT2D eigenvalue weighted by molar-refractivity contribution is -0.148. The first-order chi connectivity index (χ1) is 6.34. The van der Waals surface area contributed by atoms with Gasteiger partial charge in [0.15, 0.2) is 0 Å². The van der Waals surface area contributed by atoms with Gasteiger partial charge in [0.05, 0.1) is 12.5 Å². The molecular formula is C10H18O3. The summed E-state index contributed by atoms with van der Waals surface area (Å²) in [6.07, 6.45) is 5.82. The number of rotatable bonds is 5. The van der Waals surface area contributed by atoms with Crippen molar-refractivity contribution in [3.05, 3.63) is 0 Å². The summed E-state index contributed by atoms with van der Waals surface area (Å²) in [7, 11) is 0. The molecule has 0 aromatic heterocycles. The monoisotopic (exact) mass is 186 g/mol. The van der Waals surface area contributed by atoms with Crippen LogP contribution in [0.2, 0.25) is 0 Å². The summed E-state index contributed by atoms with van der Waals surface area (Å²) < 4.78 is 5.08. The van der Waals surface area contributed by atoms with Crippen LogP contribution in [0.3, 0.4) is 0 Å². The number of aliphatic hydroxyl groups is 1. The minimum Gasteiger partial charge on any atom is -0.465 e. The molecule has 0 heterocycles. The van der Waals surface area contributed by atoms with Gasteiger partial charge >= 0.3 is 5.97 Å². The van der Waals surface area contributed by atoms with Crippen molar-refractivity contribution < 1.29 is 14.6 Å². The summed E-state index contributed by atoms with van der Waals surface area (Å²) in [5, 5.41) is 8.50. The molecule has 0 unspecified atom stereocenters. The van der Waals surface area contributed by atoms with Gasteiger partial charge in [-0.25, -0.2) is 0 Å². The molecule has 3 nitrogen and oxygen atoms in total. The van der Waals surface area contributed by atoms with E-state index in [1.807, 2.05) is 0 Å². The normalized spacial score (nSPS) is 17.6. The number of carbonyl (C=O) groups is 1. The summed E-state index contributed by atoms with van der Waals surface area (Å²) in [4.78, 5) is 11.3. The number of aliphatic hydroxyl groups excluding tert-OH is 1. The molecule has 76 valence electrons. The van der Waals surface area contributed by atoms with Gasteiger partial charge in [-0.1, -0.05) is 12.8 Å². The van der Waals surface area contributed by atoms with Gasteiger partial charge in [0.1, 0.15) is 0 Å². The number of unbranched alkanes of at least 4 members (excludes halogenated alkanes) is 1. The van der Waals surface area contributed by atoms with Gasteiger partial charge in [-0.3, -0.25) is 4.79 Å². The molecule has 0 aromatic carbocycles. The topological polar surface area (TPSA) is 46.5 Å². The Morgan fingerprint density at radius 3 is 2.62 bits per heavy atom. The Balaban J connectivity index is 2.03. The summed E-state index contributed by atoms with van der Waals surface area (Å²) in [5.74, 6) is 0.129. The van der Waals surface area contributed by atoms with E-state index < -0.39 is 0 Å². The number of hydrogen-bond donors (Lipinski definition) is 1. The molecule has 1 aliphatic rings. The number of carbonyl (C=O) groups excluding carboxylic acids is 1. The average molecular weight is 186 g/mol. The number of hydrogen-bond acceptors (Lipinski definition) is 3. The molecule has 3 heteroatoms. The van der Waals surface area contributed by atoms with Gasteiger partial charge in [0, 0.05) is 6.61 Å². The molecule has 0 aromatic rings. The maximum absolute atomic E-state index is 11.3. The Morgan fingerprint density at radius 1 is 1.31 bits per heavy atom. The Bertz CT molecular complexity index is 150. The zero-order valence-corrected chi connectivity index (χ0v) is 8.00. The fraction of sp³-hybridized carbons (Fsp3) is 0.900. The average Bonchev–Trinajstić information content (AvgIpc) is 2.65. The van der Waals surface area contributed by atoms with Crippen LogP contribution < -0.4 is 0 Å². The predicted molar refractivity (Wildman–Crippen MR) is 49.2 cm³/mol. The number of esters is 1. The van der Waals surface area contributed by atoms with Crippen molar-refractivity contribution in [2.45, 2.75) is 38.5 Å². The third-order valence-electron chi connectivity index (χ3n) is 2.49. The van der Waals surface area contributed by atoms with Crippen molar-refractivity contribution in [2.75, 3.05) is 13.2 Å². The Kier molecular flexibility index (Phi) is 4.83. The van der Waals surface area contributed by atoms with E-state index in [1.165, 1.54) is 0 Å². The van der Waals surface area contributed by atoms with E-state index >= 15 is 0 Å². The van der Waals surface area contributed by atoms with Crippen LogP contribution in [0.25, 0.3) is 0 Å². The minimum absolute atomic E-state index is 0.0320. The summed E-state index contributed by atoms with van der Waals surface area (Å²) in [6.45, 7) is 0.650. The van der Waals surface area contributed by atoms with E-state index in [9.17, 15) is 4.79 Å². The van der Waals surface area contributed by atoms with E-state index in [-0.39, 0.29) is 18.5 Å². The summed E-state index contributed by atoms with van der Waals surface area (Å²) in [5.41, 5.74) is 0. The summed E-state index contributed by atoms with van der Waals surface area (Å²) >= 11 is 0. The molecule has 0 spiro atoms. The van der Waals surface area contributed by atoms with E-state index in [2.05, 4.69) is 0 Å². The highest BCUT2D eigenvalue weighted by Gasteiger charge is 2.23. The number of ether oxygens (including phenoxy) is 1. The molecular weight excluding hydrogens is 168 g/mol. The molecule has 0 radical (unpaired) electrons. The molecule has 0 bridgehead atoms. The molecule has 1 saturated carbocycles. The largest absolute Gasteiger partial charge is 0.465 e. The highest BCUT2D eigenvalue weighted by atomic mass is 16.5. The zero-order chi connectivity index (χ0) is 9.52. The van der Waals surface area contributed by atoms with E-state index in [1.54, 1.807) is 0 Å². The fourth-order valence-electron chi connectivity index (χ4n) is 1.67. The fourth-order valence-corrected chi connectivity index (χ4v) is 1.67. The van der Waals surface area contributed by atoms with Crippen LogP contribution in [0.5, 0.6) is 0 Å². The molecule has 0 aliphatic heterocycles. The highest BCUT2D eigenvalue weighted by molar-refractivity contribution is 5.72. The smallest absolute Gasteiger partial charge is 0.308 e. The van der Waals surface area contributed by atoms with Gasteiger partial charge in [-0.2, -0.15) is 0 Å². The van der Waals surface area contributed by atoms with Crippen molar-refractivity contribution >= 4 is 5.97 Å². The third kappa shape index (κ3) is 3.77. The van der Waals surface area contributed by atoms with Gasteiger partial charge in [0.2, 0.25) is 0 Å². The Hall–Kier alpha value is -0.570. The SMILES string of the molecule is O=C(OCCCCO)C1CCCC1. The quantitative estimate of drug-likeness (QED) is 0.522. The highest BCUT2D eigenvalue weighted by Crippen LogP contribution is 2.25. The zero-order valence-electron chi connectivity index (χ0n) is 8.00. The van der Waals surface area contributed by atoms with Crippen LogP contribution in [0.4, 0.5) is 0 Å². The second-order valence-corrected chi connectivity index (χ2v) is 3.58. The molecule has 1 N–H and O–H groups in total. The van der Waals surface area contributed by atoms with E-state index in [0.29, 0.717) is 6.61 Å². The van der Waals surface area contributed by atoms with Crippen LogP contribution in [-0.4, -0.2) is 24.3 Å². The predicted octanol–water partition coefficient (Wildman–Crippen LogP) is 1.49. The van der Waals surface area contributed by atoms with Gasteiger partial charge < -0.3 is 9.84 Å². The van der Waals surface area contributed by atoms with Crippen molar-refractivity contribution in [1.29, 1.82) is 0 Å². The Morgan fingerprint density at radius 2 is 2.00 bits per heavy atom. The van der Waals surface area contributed by atoms with Gasteiger partial charge in [-0.05, 0) is 25.7 Å². The van der Waals surface area contributed by atoms with Gasteiger partial charge in [0.25, 0.3) is 0 Å². The van der Waals surface area contributed by atoms with Crippen LogP contribution in [0, 0.1) is 5.92 Å². The molecule has 0 saturated heterocycles. The molecule has 0 atom stereocenters.